The first-order valence-electron chi connectivity index (χ1n) is 16.3. The second-order valence-corrected chi connectivity index (χ2v) is 13.8. The zero-order valence-corrected chi connectivity index (χ0v) is 34.1. The molecule has 20 nitrogen and oxygen atoms in total. The van der Waals surface area contributed by atoms with Crippen molar-refractivity contribution in [1.82, 2.24) is 0 Å². The van der Waals surface area contributed by atoms with Gasteiger partial charge in [-0.25, -0.2) is 0 Å². The van der Waals surface area contributed by atoms with Gasteiger partial charge in [-0.05, 0) is 71.1 Å². The van der Waals surface area contributed by atoms with Crippen LogP contribution in [0.15, 0.2) is 141 Å². The molecule has 61 heavy (non-hydrogen) atoms. The van der Waals surface area contributed by atoms with Crippen LogP contribution in [0.4, 0.5) is 39.8 Å². The molecule has 0 heterocycles. The number of nitrogens with zero attached hydrogens (tertiary/aromatic N) is 5. The smallest absolute Gasteiger partial charge is 0.425 e. The predicted octanol–water partition coefficient (Wildman–Crippen LogP) is 8.15. The van der Waals surface area contributed by atoms with Gasteiger partial charge in [-0.2, -0.15) is 13.5 Å². The predicted molar refractivity (Wildman–Crippen MR) is 216 cm³/mol. The summed E-state index contributed by atoms with van der Waals surface area (Å²) < 4.78 is 89.2. The van der Waals surface area contributed by atoms with Crippen molar-refractivity contribution in [3.8, 4) is 17.2 Å². The van der Waals surface area contributed by atoms with Gasteiger partial charge in [0.2, 0.25) is 0 Å². The zero-order valence-electron chi connectivity index (χ0n) is 30.7. The quantitative estimate of drug-likeness (QED) is 0.0238. The Balaban J connectivity index is 0.00000101. The number of hydrogen-bond donors (Lipinski definition) is 4. The molecule has 0 saturated carbocycles. The molecular weight excluding hydrogens is 912 g/mol. The fourth-order valence-electron chi connectivity index (χ4n) is 5.07. The summed E-state index contributed by atoms with van der Waals surface area (Å²) in [6.07, 6.45) is 2.96. The molecule has 0 bridgehead atoms. The molecule has 0 fully saturated rings. The number of phenolic OH excluding ortho intramolecular Hbond substituents is 2. The number of anilines is 2. The number of aromatic hydroxyl groups is 2. The molecule has 319 valence electrons. The topological polar surface area (TPSA) is 311 Å². The Labute approximate surface area is 359 Å². The van der Waals surface area contributed by atoms with Gasteiger partial charge in [0, 0.05) is 58.1 Å². The first-order valence-corrected chi connectivity index (χ1v) is 19.8. The summed E-state index contributed by atoms with van der Waals surface area (Å²) in [6, 6.07) is 31.2. The first-order chi connectivity index (χ1) is 28.4. The molecular formula is C37H28CuN6O14S3. The van der Waals surface area contributed by atoms with Crippen LogP contribution in [0.3, 0.4) is 0 Å². The Kier molecular flexibility index (Phi) is 17.6. The molecule has 6 aromatic rings. The maximum Gasteiger partial charge on any atom is 0.425 e. The van der Waals surface area contributed by atoms with Crippen molar-refractivity contribution < 1.29 is 75.2 Å². The van der Waals surface area contributed by atoms with Crippen molar-refractivity contribution in [2.24, 2.45) is 20.5 Å². The number of ether oxygens (including phenoxy) is 1. The van der Waals surface area contributed by atoms with E-state index >= 15 is 0 Å². The normalized spacial score (nSPS) is 10.9. The van der Waals surface area contributed by atoms with Crippen LogP contribution in [-0.4, -0.2) is 60.5 Å². The summed E-state index contributed by atoms with van der Waals surface area (Å²) in [5.74, 6) is -0.0829. The number of nitro groups is 1. The van der Waals surface area contributed by atoms with Gasteiger partial charge in [0.15, 0.2) is 5.75 Å². The van der Waals surface area contributed by atoms with E-state index in [1.165, 1.54) is 31.4 Å². The first kappa shape index (κ1) is 48.2. The molecule has 0 spiro atoms. The van der Waals surface area contributed by atoms with E-state index in [4.69, 9.17) is 30.0 Å². The molecule has 0 atom stereocenters. The number of nitro benzene ring substituents is 1. The van der Waals surface area contributed by atoms with Crippen LogP contribution < -0.4 is 10.1 Å². The molecule has 1 radical (unpaired) electrons. The second kappa shape index (κ2) is 22.2. The average molecular weight is 940 g/mol. The Morgan fingerprint density at radius 1 is 0.705 bits per heavy atom. The van der Waals surface area contributed by atoms with Gasteiger partial charge in [0.05, 0.1) is 17.7 Å². The van der Waals surface area contributed by atoms with Gasteiger partial charge in [-0.1, -0.05) is 48.6 Å². The number of rotatable bonds is 11. The van der Waals surface area contributed by atoms with E-state index in [9.17, 15) is 33.3 Å². The summed E-state index contributed by atoms with van der Waals surface area (Å²) in [5, 5.41) is 54.0. The van der Waals surface area contributed by atoms with Crippen molar-refractivity contribution in [2.45, 2.75) is 4.90 Å². The zero-order chi connectivity index (χ0) is 44.0. The number of non-ortho nitro benzene ring substituents is 1. The van der Waals surface area contributed by atoms with Crippen molar-refractivity contribution in [2.75, 3.05) is 12.4 Å². The minimum atomic E-state index is -4.71. The third-order valence-corrected chi connectivity index (χ3v) is 8.59. The number of nitrogens with one attached hydrogen (secondary N) is 1. The van der Waals surface area contributed by atoms with Crippen LogP contribution in [0.1, 0.15) is 11.1 Å². The molecule has 0 aromatic heterocycles. The van der Waals surface area contributed by atoms with Gasteiger partial charge in [0.1, 0.15) is 33.5 Å². The summed E-state index contributed by atoms with van der Waals surface area (Å²) >= 11 is 0. The van der Waals surface area contributed by atoms with Crippen LogP contribution in [0.5, 0.6) is 17.2 Å². The number of phenols is 2. The third-order valence-electron chi connectivity index (χ3n) is 7.68. The number of hydrogen-bond acceptors (Lipinski definition) is 18. The number of fused-ring (bicyclic) bond motifs is 1. The third kappa shape index (κ3) is 14.5. The SMILES string of the molecule is COc1cc(N=Nc2ccc3cc(Nc4ccccc4)ccc3c2O)c(O)cc1N=Nc1ccc(C=Cc2ccc([N+](=O)[O-])cc2S(=O)(=O)O)cc1.O=S(=O)=O.O=S(=O)=O.[Cu]. The van der Waals surface area contributed by atoms with E-state index < -0.39 is 46.8 Å². The number of benzene rings is 6. The van der Waals surface area contributed by atoms with Gasteiger partial charge in [-0.15, -0.1) is 40.6 Å². The van der Waals surface area contributed by atoms with E-state index in [2.05, 4.69) is 25.8 Å². The van der Waals surface area contributed by atoms with Crippen LogP contribution in [0, 0.1) is 10.1 Å². The van der Waals surface area contributed by atoms with Gasteiger partial charge < -0.3 is 20.3 Å². The molecule has 6 aromatic carbocycles. The van der Waals surface area contributed by atoms with Gasteiger partial charge in [0.25, 0.3) is 15.8 Å². The number of para-hydroxylation sites is 1. The van der Waals surface area contributed by atoms with E-state index in [0.29, 0.717) is 16.6 Å². The molecule has 0 aliphatic rings. The number of azo groups is 2. The number of methoxy groups -OCH3 is 1. The largest absolute Gasteiger partial charge is 0.506 e. The Bertz CT molecular complexity index is 2950. The fraction of sp³-hybridized carbons (Fsp3) is 0.0270. The second-order valence-electron chi connectivity index (χ2n) is 11.6. The molecule has 0 aliphatic heterocycles. The van der Waals surface area contributed by atoms with Gasteiger partial charge in [-0.3, -0.25) is 14.7 Å². The summed E-state index contributed by atoms with van der Waals surface area (Å²) in [4.78, 5) is 9.68. The van der Waals surface area contributed by atoms with E-state index in [1.54, 1.807) is 42.5 Å². The molecule has 0 aliphatic carbocycles. The van der Waals surface area contributed by atoms with Crippen LogP contribution in [-0.2, 0) is 48.4 Å². The maximum absolute atomic E-state index is 11.8. The summed E-state index contributed by atoms with van der Waals surface area (Å²) in [7, 11) is -9.52. The summed E-state index contributed by atoms with van der Waals surface area (Å²) in [6.45, 7) is 0. The average Bonchev–Trinajstić information content (AvgIpc) is 3.19. The summed E-state index contributed by atoms with van der Waals surface area (Å²) in [5.41, 5.74) is 2.91. The Morgan fingerprint density at radius 3 is 1.93 bits per heavy atom. The van der Waals surface area contributed by atoms with Crippen LogP contribution in [0.2, 0.25) is 0 Å². The van der Waals surface area contributed by atoms with E-state index in [0.717, 1.165) is 28.9 Å². The van der Waals surface area contributed by atoms with Crippen LogP contribution >= 0.6 is 0 Å². The Hall–Kier alpha value is -7.21. The monoisotopic (exact) mass is 939 g/mol. The minimum absolute atomic E-state index is 0. The maximum atomic E-state index is 11.8. The molecule has 0 unspecified atom stereocenters. The minimum Gasteiger partial charge on any atom is -0.506 e. The van der Waals surface area contributed by atoms with Gasteiger partial charge >= 0.3 is 21.2 Å². The molecule has 24 heteroatoms. The van der Waals surface area contributed by atoms with Crippen molar-refractivity contribution in [1.29, 1.82) is 0 Å². The fourth-order valence-corrected chi connectivity index (χ4v) is 5.78. The van der Waals surface area contributed by atoms with Crippen molar-refractivity contribution in [3.05, 3.63) is 137 Å². The molecule has 0 saturated heterocycles. The van der Waals surface area contributed by atoms with Crippen molar-refractivity contribution in [3.63, 3.8) is 0 Å². The van der Waals surface area contributed by atoms with Crippen molar-refractivity contribution >= 4 is 94.1 Å². The molecule has 0 amide bonds. The molecule has 6 rings (SSSR count). The Morgan fingerprint density at radius 2 is 1.33 bits per heavy atom. The van der Waals surface area contributed by atoms with E-state index in [1.807, 2.05) is 48.5 Å². The molecule has 4 N–H and O–H groups in total. The van der Waals surface area contributed by atoms with E-state index in [-0.39, 0.29) is 56.9 Å². The van der Waals surface area contributed by atoms with Crippen LogP contribution in [0.25, 0.3) is 22.9 Å². The standard InChI is InChI=1S/C37H28N6O8S.Cu.2O3S/c1-51-35-22-32(41-40-31-18-12-25-19-28(15-17-30(25)37(31)45)38-26-5-3-2-4-6-26)34(44)21-33(35)42-39-27-13-8-23(9-14-27)7-10-24-11-16-29(43(46)47)20-36(24)52(48,49)50;;2*1-4(2)3/h2-22,38,44-45H,1H3,(H,48,49,50);;;.